The lowest BCUT2D eigenvalue weighted by Crippen LogP contribution is -2.30. The number of nitrogens with one attached hydrogen (secondary N) is 2. The van der Waals surface area contributed by atoms with Gasteiger partial charge in [0, 0.05) is 37.8 Å². The van der Waals surface area contributed by atoms with Gasteiger partial charge in [0.2, 0.25) is 17.7 Å². The third kappa shape index (κ3) is 5.16. The maximum atomic E-state index is 13.0. The normalized spacial score (nSPS) is 16.1. The molecule has 0 saturated carbocycles. The van der Waals surface area contributed by atoms with Gasteiger partial charge in [-0.05, 0) is 48.4 Å². The number of anilines is 2. The summed E-state index contributed by atoms with van der Waals surface area (Å²) in [6.45, 7) is 2.30. The van der Waals surface area contributed by atoms with Crippen LogP contribution in [0.25, 0.3) is 0 Å². The van der Waals surface area contributed by atoms with Crippen LogP contribution in [0.1, 0.15) is 18.9 Å². The van der Waals surface area contributed by atoms with E-state index in [9.17, 15) is 18.8 Å². The Morgan fingerprint density at radius 2 is 1.64 bits per heavy atom. The van der Waals surface area contributed by atoms with Gasteiger partial charge in [0.15, 0.2) is 0 Å². The second-order valence-corrected chi connectivity index (χ2v) is 6.87. The number of nitrogens with zero attached hydrogens (tertiary/aromatic N) is 1. The van der Waals surface area contributed by atoms with Crippen molar-refractivity contribution in [2.45, 2.75) is 19.8 Å². The molecule has 1 aliphatic heterocycles. The van der Waals surface area contributed by atoms with Crippen molar-refractivity contribution in [3.63, 3.8) is 0 Å². The third-order valence-corrected chi connectivity index (χ3v) is 4.64. The Bertz CT molecular complexity index is 865. The van der Waals surface area contributed by atoms with Crippen molar-refractivity contribution in [3.05, 3.63) is 59.9 Å². The third-order valence-electron chi connectivity index (χ3n) is 4.64. The summed E-state index contributed by atoms with van der Waals surface area (Å²) >= 11 is 0. The molecule has 3 amide bonds. The smallest absolute Gasteiger partial charge is 0.229 e. The van der Waals surface area contributed by atoms with Gasteiger partial charge in [0.1, 0.15) is 5.82 Å². The Balaban J connectivity index is 1.51. The van der Waals surface area contributed by atoms with Crippen LogP contribution in [0, 0.1) is 11.7 Å². The number of rotatable bonds is 6. The van der Waals surface area contributed by atoms with Crippen molar-refractivity contribution in [3.8, 4) is 0 Å². The Hall–Kier alpha value is -3.22. The summed E-state index contributed by atoms with van der Waals surface area (Å²) in [6, 6.07) is 13.0. The number of carbonyl (C=O) groups is 3. The Labute approximate surface area is 162 Å². The highest BCUT2D eigenvalue weighted by Gasteiger charge is 2.34. The number of hydrogen-bond acceptors (Lipinski definition) is 3. The minimum atomic E-state index is -0.407. The molecule has 6 nitrogen and oxygen atoms in total. The summed E-state index contributed by atoms with van der Waals surface area (Å²) in [6.07, 6.45) is 0.796. The van der Waals surface area contributed by atoms with Crippen LogP contribution >= 0.6 is 0 Å². The summed E-state index contributed by atoms with van der Waals surface area (Å²) in [5.41, 5.74) is 2.20. The highest BCUT2D eigenvalue weighted by Crippen LogP contribution is 2.21. The molecule has 0 unspecified atom stereocenters. The lowest BCUT2D eigenvalue weighted by Gasteiger charge is -2.16. The van der Waals surface area contributed by atoms with Gasteiger partial charge in [0.05, 0.1) is 5.92 Å². The average Bonchev–Trinajstić information content (AvgIpc) is 3.03. The van der Waals surface area contributed by atoms with E-state index in [2.05, 4.69) is 10.6 Å². The average molecular weight is 383 g/mol. The fourth-order valence-electron chi connectivity index (χ4n) is 3.16. The molecule has 1 heterocycles. The highest BCUT2D eigenvalue weighted by molar-refractivity contribution is 5.97. The maximum Gasteiger partial charge on any atom is 0.229 e. The van der Waals surface area contributed by atoms with Crippen molar-refractivity contribution in [1.82, 2.24) is 4.90 Å². The lowest BCUT2D eigenvalue weighted by atomic mass is 10.1. The van der Waals surface area contributed by atoms with E-state index in [1.165, 1.54) is 19.1 Å². The van der Waals surface area contributed by atoms with Gasteiger partial charge in [-0.3, -0.25) is 14.4 Å². The van der Waals surface area contributed by atoms with E-state index in [1.807, 2.05) is 0 Å². The van der Waals surface area contributed by atoms with E-state index in [1.54, 1.807) is 41.3 Å². The van der Waals surface area contributed by atoms with E-state index in [-0.39, 0.29) is 30.0 Å². The number of carbonyl (C=O) groups excluding carboxylic acids is 3. The summed E-state index contributed by atoms with van der Waals surface area (Å²) in [5.74, 6) is -1.12. The molecule has 0 radical (unpaired) electrons. The van der Waals surface area contributed by atoms with E-state index < -0.39 is 5.92 Å². The Morgan fingerprint density at radius 3 is 2.25 bits per heavy atom. The highest BCUT2D eigenvalue weighted by atomic mass is 19.1. The molecule has 0 spiro atoms. The van der Waals surface area contributed by atoms with Gasteiger partial charge in [-0.1, -0.05) is 12.1 Å². The zero-order valence-electron chi connectivity index (χ0n) is 15.6. The number of benzene rings is 2. The molecule has 1 atom stereocenters. The molecule has 28 heavy (non-hydrogen) atoms. The largest absolute Gasteiger partial charge is 0.342 e. The maximum absolute atomic E-state index is 13.0. The predicted octanol–water partition coefficient (Wildman–Crippen LogP) is 2.81. The molecule has 2 aromatic carbocycles. The topological polar surface area (TPSA) is 78.5 Å². The zero-order chi connectivity index (χ0) is 20.1. The van der Waals surface area contributed by atoms with Crippen molar-refractivity contribution < 1.29 is 18.8 Å². The van der Waals surface area contributed by atoms with Crippen molar-refractivity contribution in [1.29, 1.82) is 0 Å². The molecule has 0 bridgehead atoms. The van der Waals surface area contributed by atoms with Crippen molar-refractivity contribution >= 4 is 29.1 Å². The fraction of sp³-hybridized carbons (Fsp3) is 0.286. The second-order valence-electron chi connectivity index (χ2n) is 6.87. The van der Waals surface area contributed by atoms with Crippen LogP contribution < -0.4 is 10.6 Å². The SMILES string of the molecule is CC(=O)Nc1ccc(NC(=O)[C@@H]2CC(=O)N(CCc3ccc(F)cc3)C2)cc1. The minimum absolute atomic E-state index is 0.0525. The first-order valence-electron chi connectivity index (χ1n) is 9.11. The lowest BCUT2D eigenvalue weighted by molar-refractivity contribution is -0.128. The van der Waals surface area contributed by atoms with Crippen LogP contribution in [0.5, 0.6) is 0 Å². The van der Waals surface area contributed by atoms with Gasteiger partial charge >= 0.3 is 0 Å². The van der Waals surface area contributed by atoms with Gasteiger partial charge in [-0.25, -0.2) is 4.39 Å². The minimum Gasteiger partial charge on any atom is -0.342 e. The zero-order valence-corrected chi connectivity index (χ0v) is 15.6. The van der Waals surface area contributed by atoms with Crippen LogP contribution in [0.2, 0.25) is 0 Å². The molecule has 1 fully saturated rings. The summed E-state index contributed by atoms with van der Waals surface area (Å²) in [7, 11) is 0. The van der Waals surface area contributed by atoms with Gasteiger partial charge in [-0.15, -0.1) is 0 Å². The summed E-state index contributed by atoms with van der Waals surface area (Å²) in [4.78, 5) is 37.4. The van der Waals surface area contributed by atoms with Gasteiger partial charge in [0.25, 0.3) is 0 Å². The molecular weight excluding hydrogens is 361 g/mol. The van der Waals surface area contributed by atoms with Gasteiger partial charge < -0.3 is 15.5 Å². The Morgan fingerprint density at radius 1 is 1.04 bits per heavy atom. The van der Waals surface area contributed by atoms with Crippen LogP contribution in [0.4, 0.5) is 15.8 Å². The van der Waals surface area contributed by atoms with Crippen molar-refractivity contribution in [2.24, 2.45) is 5.92 Å². The monoisotopic (exact) mass is 383 g/mol. The number of amides is 3. The quantitative estimate of drug-likeness (QED) is 0.805. The summed E-state index contributed by atoms with van der Waals surface area (Å²) < 4.78 is 13.0. The molecule has 1 aliphatic rings. The molecule has 7 heteroatoms. The number of halogens is 1. The van der Waals surface area contributed by atoms with E-state index in [0.29, 0.717) is 30.9 Å². The summed E-state index contributed by atoms with van der Waals surface area (Å²) in [5, 5.41) is 5.47. The number of hydrogen-bond donors (Lipinski definition) is 2. The van der Waals surface area contributed by atoms with Crippen LogP contribution in [0.15, 0.2) is 48.5 Å². The standard InChI is InChI=1S/C21H22FN3O3/c1-14(26)23-18-6-8-19(9-7-18)24-21(28)16-12-20(27)25(13-16)11-10-15-2-4-17(22)5-3-15/h2-9,16H,10-13H2,1H3,(H,23,26)(H,24,28)/t16-/m1/s1. The fourth-order valence-corrected chi connectivity index (χ4v) is 3.16. The van der Waals surface area contributed by atoms with E-state index in [4.69, 9.17) is 0 Å². The number of likely N-dealkylation sites (tertiary alicyclic amines) is 1. The first-order valence-corrected chi connectivity index (χ1v) is 9.11. The molecule has 3 rings (SSSR count). The first kappa shape index (κ1) is 19.5. The van der Waals surface area contributed by atoms with Crippen LogP contribution in [-0.2, 0) is 20.8 Å². The molecule has 1 saturated heterocycles. The molecule has 2 N–H and O–H groups in total. The predicted molar refractivity (Wildman–Crippen MR) is 104 cm³/mol. The molecular formula is C21H22FN3O3. The molecule has 0 aromatic heterocycles. The van der Waals surface area contributed by atoms with Gasteiger partial charge in [-0.2, -0.15) is 0 Å². The van der Waals surface area contributed by atoms with E-state index >= 15 is 0 Å². The van der Waals surface area contributed by atoms with Crippen molar-refractivity contribution in [2.75, 3.05) is 23.7 Å². The molecule has 0 aliphatic carbocycles. The first-order chi connectivity index (χ1) is 13.4. The molecule has 146 valence electrons. The second kappa shape index (κ2) is 8.65. The van der Waals surface area contributed by atoms with E-state index in [0.717, 1.165) is 5.56 Å². The molecule has 2 aromatic rings. The van der Waals surface area contributed by atoms with Crippen LogP contribution in [0.3, 0.4) is 0 Å². The van der Waals surface area contributed by atoms with Crippen LogP contribution in [-0.4, -0.2) is 35.7 Å². The Kier molecular flexibility index (Phi) is 6.03.